The Labute approximate surface area is 175 Å². The van der Waals surface area contributed by atoms with E-state index in [0.29, 0.717) is 42.6 Å². The number of aromatic nitrogens is 2. The standard InChI is InChI=1S/C17H15ClN4O5S2/c18-12-2-1-3-13(9-12)21-29(24,25)14-8-11(10-28-14)15-19-16(27-20-15)17(23)22-4-6-26-7-5-22/h1-3,8-10,21H,4-7H2. The number of halogens is 1. The van der Waals surface area contributed by atoms with Crippen molar-refractivity contribution in [2.75, 3.05) is 31.0 Å². The Hall–Kier alpha value is -2.47. The predicted octanol–water partition coefficient (Wildman–Crippen LogP) is 2.72. The van der Waals surface area contributed by atoms with Gasteiger partial charge in [0.05, 0.1) is 18.9 Å². The topological polar surface area (TPSA) is 115 Å². The SMILES string of the molecule is O=C(c1nc(-c2csc(S(=O)(=O)Nc3cccc(Cl)c3)c2)no1)N1CCOCC1. The Morgan fingerprint density at radius 1 is 1.24 bits per heavy atom. The third-order valence-electron chi connectivity index (χ3n) is 4.08. The lowest BCUT2D eigenvalue weighted by molar-refractivity contribution is 0.0272. The van der Waals surface area contributed by atoms with E-state index in [1.807, 2.05) is 0 Å². The molecule has 29 heavy (non-hydrogen) atoms. The molecule has 1 fully saturated rings. The summed E-state index contributed by atoms with van der Waals surface area (Å²) < 4.78 is 38.0. The molecule has 4 rings (SSSR count). The summed E-state index contributed by atoms with van der Waals surface area (Å²) in [5.41, 5.74) is 0.789. The van der Waals surface area contributed by atoms with Crippen LogP contribution in [0, 0.1) is 0 Å². The molecule has 1 aliphatic rings. The zero-order valence-electron chi connectivity index (χ0n) is 14.9. The number of hydrogen-bond acceptors (Lipinski definition) is 8. The molecule has 0 aliphatic carbocycles. The zero-order chi connectivity index (χ0) is 20.4. The van der Waals surface area contributed by atoms with Crippen molar-refractivity contribution in [2.45, 2.75) is 4.21 Å². The van der Waals surface area contributed by atoms with Gasteiger partial charge in [0.1, 0.15) is 4.21 Å². The number of carbonyl (C=O) groups excluding carboxylic acids is 1. The molecule has 0 radical (unpaired) electrons. The number of sulfonamides is 1. The molecule has 3 aromatic rings. The number of nitrogens with one attached hydrogen (secondary N) is 1. The molecule has 0 bridgehead atoms. The number of rotatable bonds is 5. The van der Waals surface area contributed by atoms with Gasteiger partial charge in [-0.25, -0.2) is 8.42 Å². The van der Waals surface area contributed by atoms with E-state index in [1.165, 1.54) is 12.1 Å². The number of nitrogens with zero attached hydrogens (tertiary/aromatic N) is 3. The van der Waals surface area contributed by atoms with E-state index in [0.717, 1.165) is 11.3 Å². The molecule has 0 unspecified atom stereocenters. The Morgan fingerprint density at radius 2 is 2.03 bits per heavy atom. The maximum absolute atomic E-state index is 12.6. The molecule has 0 spiro atoms. The fraction of sp³-hybridized carbons (Fsp3) is 0.235. The smallest absolute Gasteiger partial charge is 0.316 e. The van der Waals surface area contributed by atoms with Crippen molar-refractivity contribution in [3.8, 4) is 11.4 Å². The molecule has 1 aliphatic heterocycles. The van der Waals surface area contributed by atoms with Crippen molar-refractivity contribution in [3.63, 3.8) is 0 Å². The average Bonchev–Trinajstić information content (AvgIpc) is 3.38. The first kappa shape index (κ1) is 19.8. The number of hydrogen-bond donors (Lipinski definition) is 1. The van der Waals surface area contributed by atoms with Crippen LogP contribution in [0.3, 0.4) is 0 Å². The first-order valence-electron chi connectivity index (χ1n) is 8.50. The van der Waals surface area contributed by atoms with Gasteiger partial charge in [0.15, 0.2) is 0 Å². The Morgan fingerprint density at radius 3 is 2.79 bits per heavy atom. The largest absolute Gasteiger partial charge is 0.378 e. The fourth-order valence-electron chi connectivity index (χ4n) is 2.66. The molecule has 2 aromatic heterocycles. The summed E-state index contributed by atoms with van der Waals surface area (Å²) in [7, 11) is -3.81. The molecular formula is C17H15ClN4O5S2. The molecule has 9 nitrogen and oxygen atoms in total. The molecule has 1 N–H and O–H groups in total. The lowest BCUT2D eigenvalue weighted by atomic mass is 10.3. The fourth-order valence-corrected chi connectivity index (χ4v) is 5.06. The number of ether oxygens (including phenoxy) is 1. The molecule has 0 atom stereocenters. The summed E-state index contributed by atoms with van der Waals surface area (Å²) >= 11 is 6.89. The van der Waals surface area contributed by atoms with Crippen molar-refractivity contribution < 1.29 is 22.5 Å². The highest BCUT2D eigenvalue weighted by Crippen LogP contribution is 2.29. The zero-order valence-corrected chi connectivity index (χ0v) is 17.3. The summed E-state index contributed by atoms with van der Waals surface area (Å²) in [5.74, 6) is -0.380. The molecule has 152 valence electrons. The number of benzene rings is 1. The highest BCUT2D eigenvalue weighted by atomic mass is 35.5. The van der Waals surface area contributed by atoms with Crippen molar-refractivity contribution >= 4 is 44.6 Å². The van der Waals surface area contributed by atoms with Crippen molar-refractivity contribution in [1.82, 2.24) is 15.0 Å². The van der Waals surface area contributed by atoms with Crippen LogP contribution in [0.4, 0.5) is 5.69 Å². The molecule has 1 amide bonds. The second-order valence-corrected chi connectivity index (χ2v) is 9.35. The number of morpholine rings is 1. The minimum absolute atomic E-state index is 0.0679. The van der Waals surface area contributed by atoms with Crippen LogP contribution in [0.2, 0.25) is 5.02 Å². The normalized spacial score (nSPS) is 14.7. The summed E-state index contributed by atoms with van der Waals surface area (Å²) in [4.78, 5) is 18.1. The summed E-state index contributed by atoms with van der Waals surface area (Å²) in [6, 6.07) is 7.82. The van der Waals surface area contributed by atoms with E-state index in [-0.39, 0.29) is 21.8 Å². The third kappa shape index (κ3) is 4.42. The van der Waals surface area contributed by atoms with E-state index in [2.05, 4.69) is 14.9 Å². The first-order valence-corrected chi connectivity index (χ1v) is 11.2. The van der Waals surface area contributed by atoms with Crippen LogP contribution in [0.5, 0.6) is 0 Å². The minimum Gasteiger partial charge on any atom is -0.378 e. The van der Waals surface area contributed by atoms with E-state index in [1.54, 1.807) is 28.5 Å². The molecule has 3 heterocycles. The van der Waals surface area contributed by atoms with Crippen LogP contribution in [0.15, 0.2) is 44.4 Å². The molecule has 12 heteroatoms. The maximum Gasteiger partial charge on any atom is 0.316 e. The van der Waals surface area contributed by atoms with Gasteiger partial charge < -0.3 is 14.2 Å². The van der Waals surface area contributed by atoms with Gasteiger partial charge in [-0.2, -0.15) is 4.98 Å². The van der Waals surface area contributed by atoms with Gasteiger partial charge in [0.2, 0.25) is 5.82 Å². The summed E-state index contributed by atoms with van der Waals surface area (Å²) in [6.45, 7) is 1.81. The van der Waals surface area contributed by atoms with Crippen LogP contribution in [0.25, 0.3) is 11.4 Å². The van der Waals surface area contributed by atoms with Crippen LogP contribution >= 0.6 is 22.9 Å². The van der Waals surface area contributed by atoms with Gasteiger partial charge in [0.25, 0.3) is 10.0 Å². The van der Waals surface area contributed by atoms with Crippen LogP contribution < -0.4 is 4.72 Å². The van der Waals surface area contributed by atoms with E-state index in [9.17, 15) is 13.2 Å². The van der Waals surface area contributed by atoms with Gasteiger partial charge in [-0.15, -0.1) is 11.3 Å². The van der Waals surface area contributed by atoms with Gasteiger partial charge in [0, 0.05) is 29.1 Å². The quantitative estimate of drug-likeness (QED) is 0.630. The molecule has 0 saturated carbocycles. The molecule has 1 saturated heterocycles. The predicted molar refractivity (Wildman–Crippen MR) is 107 cm³/mol. The summed E-state index contributed by atoms with van der Waals surface area (Å²) in [5, 5.41) is 5.80. The second kappa shape index (κ2) is 8.11. The Kier molecular flexibility index (Phi) is 5.54. The Bertz CT molecular complexity index is 1140. The van der Waals surface area contributed by atoms with Crippen molar-refractivity contribution in [1.29, 1.82) is 0 Å². The van der Waals surface area contributed by atoms with Crippen LogP contribution in [-0.4, -0.2) is 55.7 Å². The molecular weight excluding hydrogens is 440 g/mol. The van der Waals surface area contributed by atoms with Gasteiger partial charge in [-0.1, -0.05) is 22.8 Å². The van der Waals surface area contributed by atoms with E-state index < -0.39 is 10.0 Å². The third-order valence-corrected chi connectivity index (χ3v) is 7.14. The van der Waals surface area contributed by atoms with Crippen LogP contribution in [0.1, 0.15) is 10.7 Å². The van der Waals surface area contributed by atoms with Crippen molar-refractivity contribution in [3.05, 3.63) is 46.6 Å². The second-order valence-electron chi connectivity index (χ2n) is 6.10. The Balaban J connectivity index is 1.51. The lowest BCUT2D eigenvalue weighted by Gasteiger charge is -2.25. The van der Waals surface area contributed by atoms with Gasteiger partial charge in [-0.3, -0.25) is 9.52 Å². The average molecular weight is 455 g/mol. The highest BCUT2D eigenvalue weighted by Gasteiger charge is 2.25. The first-order chi connectivity index (χ1) is 13.9. The molecule has 1 aromatic carbocycles. The minimum atomic E-state index is -3.81. The van der Waals surface area contributed by atoms with E-state index >= 15 is 0 Å². The number of anilines is 1. The van der Waals surface area contributed by atoms with Gasteiger partial charge in [-0.05, 0) is 24.3 Å². The van der Waals surface area contributed by atoms with Gasteiger partial charge >= 0.3 is 11.8 Å². The van der Waals surface area contributed by atoms with Crippen molar-refractivity contribution in [2.24, 2.45) is 0 Å². The number of carbonyl (C=O) groups is 1. The highest BCUT2D eigenvalue weighted by molar-refractivity contribution is 7.94. The number of amides is 1. The summed E-state index contributed by atoms with van der Waals surface area (Å²) in [6.07, 6.45) is 0. The number of thiophene rings is 1. The lowest BCUT2D eigenvalue weighted by Crippen LogP contribution is -2.40. The van der Waals surface area contributed by atoms with Crippen LogP contribution in [-0.2, 0) is 14.8 Å². The van der Waals surface area contributed by atoms with E-state index in [4.69, 9.17) is 20.9 Å². The maximum atomic E-state index is 12.6. The monoisotopic (exact) mass is 454 g/mol.